The molecule has 0 fully saturated rings. The van der Waals surface area contributed by atoms with Crippen LogP contribution in [0.4, 0.5) is 0 Å². The van der Waals surface area contributed by atoms with Crippen LogP contribution in [0, 0.1) is 0 Å². The molecule has 0 aromatic rings. The summed E-state index contributed by atoms with van der Waals surface area (Å²) in [6, 6.07) is 0. The number of aliphatic hydroxyl groups is 1. The van der Waals surface area contributed by atoms with Gasteiger partial charge in [-0.3, -0.25) is 19.2 Å². The van der Waals surface area contributed by atoms with Gasteiger partial charge in [-0.1, -0.05) is 152 Å². The van der Waals surface area contributed by atoms with E-state index in [1.54, 1.807) is 0 Å². The molecule has 0 heterocycles. The molecule has 62 heavy (non-hydrogen) atoms. The van der Waals surface area contributed by atoms with Gasteiger partial charge in [0.05, 0.1) is 6.61 Å². The third-order valence-corrected chi connectivity index (χ3v) is 9.01. The molecule has 0 atom stereocenters. The molecule has 0 bridgehead atoms. The first-order valence-corrected chi connectivity index (χ1v) is 24.2. The molecule has 0 saturated heterocycles. The Balaban J connectivity index is -0.000000243. The predicted octanol–water partition coefficient (Wildman–Crippen LogP) is 11.9. The highest BCUT2D eigenvalue weighted by atomic mass is 16.4. The van der Waals surface area contributed by atoms with E-state index in [1.807, 2.05) is 0 Å². The minimum Gasteiger partial charge on any atom is -0.481 e. The van der Waals surface area contributed by atoms with Crippen LogP contribution in [0.2, 0.25) is 0 Å². The number of aliphatic hydroxyl groups excluding tert-OH is 1. The van der Waals surface area contributed by atoms with Crippen LogP contribution in [-0.4, -0.2) is 75.7 Å². The first kappa shape index (κ1) is 67.8. The van der Waals surface area contributed by atoms with E-state index in [4.69, 9.17) is 42.7 Å². The van der Waals surface area contributed by atoms with Crippen LogP contribution in [0.15, 0.2) is 48.6 Å². The van der Waals surface area contributed by atoms with Crippen molar-refractivity contribution in [3.63, 3.8) is 0 Å². The Morgan fingerprint density at radius 3 is 0.742 bits per heavy atom. The van der Waals surface area contributed by atoms with Crippen molar-refractivity contribution >= 4 is 23.9 Å². The molecule has 0 aliphatic heterocycles. The molecule has 0 unspecified atom stereocenters. The van der Waals surface area contributed by atoms with E-state index < -0.39 is 23.9 Å². The number of aliphatic carboxylic acids is 4. The Morgan fingerprint density at radius 2 is 0.548 bits per heavy atom. The normalized spacial score (nSPS) is 10.7. The molecular weight excluding hydrogens is 787 g/mol. The Bertz CT molecular complexity index is 949. The van der Waals surface area contributed by atoms with Gasteiger partial charge in [0.15, 0.2) is 0 Å². The molecule has 12 heteroatoms. The fraction of sp³-hybridized carbons (Fsp3) is 0.760. The number of hydrogen-bond acceptors (Lipinski definition) is 8. The van der Waals surface area contributed by atoms with Crippen molar-refractivity contribution < 1.29 is 44.7 Å². The molecule has 0 rings (SSSR count). The summed E-state index contributed by atoms with van der Waals surface area (Å²) < 4.78 is 0. The number of nitrogens with two attached hydrogens (primary N) is 3. The molecule has 366 valence electrons. The largest absolute Gasteiger partial charge is 0.481 e. The summed E-state index contributed by atoms with van der Waals surface area (Å²) in [5, 5.41) is 41.5. The van der Waals surface area contributed by atoms with Crippen LogP contribution in [-0.2, 0) is 19.2 Å². The highest BCUT2D eigenvalue weighted by molar-refractivity contribution is 5.67. The van der Waals surface area contributed by atoms with Crippen molar-refractivity contribution in [2.75, 3.05) is 26.2 Å². The maximum absolute atomic E-state index is 10.3. The standard InChI is InChI=1S/2C18H32O2.C10H18O4.C2H8N2.C2H7NO/c2*1-2-3-4-5-6-7-8-9-10-11-12-13-14-15-16-17-18(19)20;11-9(12)7-5-3-1-2-4-6-8-10(13)14;2*3-1-2-4/h2*6-7,9-10H,2-5,8,11-17H2,1H3,(H,19,20);1-8H2,(H,11,12)(H,13,14);1-4H2;4H,1-3H2/b2*7-6-,10-9-;;;. The summed E-state index contributed by atoms with van der Waals surface area (Å²) in [5.41, 5.74) is 14.6. The molecule has 0 aliphatic carbocycles. The zero-order chi connectivity index (χ0) is 47.4. The van der Waals surface area contributed by atoms with Crippen molar-refractivity contribution in [3.05, 3.63) is 48.6 Å². The number of carbonyl (C=O) groups is 4. The summed E-state index contributed by atoms with van der Waals surface area (Å²) >= 11 is 0. The Hall–Kier alpha value is -3.32. The van der Waals surface area contributed by atoms with E-state index in [9.17, 15) is 19.2 Å². The van der Waals surface area contributed by atoms with Gasteiger partial charge < -0.3 is 42.7 Å². The zero-order valence-electron chi connectivity index (χ0n) is 39.7. The second-order valence-corrected chi connectivity index (χ2v) is 15.2. The Kier molecular flexibility index (Phi) is 73.0. The predicted molar refractivity (Wildman–Crippen MR) is 260 cm³/mol. The van der Waals surface area contributed by atoms with Crippen LogP contribution in [0.5, 0.6) is 0 Å². The first-order chi connectivity index (χ1) is 30.0. The number of allylic oxidation sites excluding steroid dienone is 8. The van der Waals surface area contributed by atoms with Crippen LogP contribution in [0.3, 0.4) is 0 Å². The van der Waals surface area contributed by atoms with Gasteiger partial charge in [-0.2, -0.15) is 0 Å². The first-order valence-electron chi connectivity index (χ1n) is 24.2. The summed E-state index contributed by atoms with van der Waals surface area (Å²) in [7, 11) is 0. The molecule has 0 aromatic carbocycles. The van der Waals surface area contributed by atoms with Crippen LogP contribution >= 0.6 is 0 Å². The van der Waals surface area contributed by atoms with Gasteiger partial charge in [0.25, 0.3) is 0 Å². The molecular formula is C50H97N3O9. The van der Waals surface area contributed by atoms with Gasteiger partial charge in [-0.05, 0) is 89.9 Å². The van der Waals surface area contributed by atoms with E-state index in [-0.39, 0.29) is 19.4 Å². The third-order valence-electron chi connectivity index (χ3n) is 9.01. The molecule has 0 spiro atoms. The number of unbranched alkanes of at least 4 members (excludes halogenated alkanes) is 21. The van der Waals surface area contributed by atoms with Gasteiger partial charge in [0.2, 0.25) is 0 Å². The van der Waals surface area contributed by atoms with Crippen molar-refractivity contribution in [1.29, 1.82) is 0 Å². The summed E-state index contributed by atoms with van der Waals surface area (Å²) in [4.78, 5) is 40.9. The Labute approximate surface area is 379 Å². The van der Waals surface area contributed by atoms with Gasteiger partial charge in [-0.15, -0.1) is 0 Å². The lowest BCUT2D eigenvalue weighted by Crippen LogP contribution is -2.11. The van der Waals surface area contributed by atoms with Gasteiger partial charge >= 0.3 is 23.9 Å². The molecule has 0 aliphatic rings. The second-order valence-electron chi connectivity index (χ2n) is 15.2. The quantitative estimate of drug-likeness (QED) is 0.0212. The summed E-state index contributed by atoms with van der Waals surface area (Å²) in [6.45, 7) is 6.14. The monoisotopic (exact) mass is 884 g/mol. The fourth-order valence-electron chi connectivity index (χ4n) is 5.43. The van der Waals surface area contributed by atoms with Gasteiger partial charge in [-0.25, -0.2) is 0 Å². The highest BCUT2D eigenvalue weighted by Crippen LogP contribution is 2.10. The van der Waals surface area contributed by atoms with Gasteiger partial charge in [0.1, 0.15) is 0 Å². The lowest BCUT2D eigenvalue weighted by atomic mass is 10.1. The zero-order valence-corrected chi connectivity index (χ0v) is 39.7. The maximum Gasteiger partial charge on any atom is 0.303 e. The van der Waals surface area contributed by atoms with Crippen LogP contribution in [0.25, 0.3) is 0 Å². The molecule has 0 amide bonds. The van der Waals surface area contributed by atoms with Crippen molar-refractivity contribution in [2.24, 2.45) is 17.2 Å². The molecule has 0 radical (unpaired) electrons. The average molecular weight is 884 g/mol. The minimum atomic E-state index is -0.740. The van der Waals surface area contributed by atoms with Crippen molar-refractivity contribution in [1.82, 2.24) is 0 Å². The van der Waals surface area contributed by atoms with E-state index in [1.165, 1.54) is 89.9 Å². The maximum atomic E-state index is 10.3. The summed E-state index contributed by atoms with van der Waals surface area (Å²) in [5.74, 6) is -2.82. The van der Waals surface area contributed by atoms with Crippen molar-refractivity contribution in [3.8, 4) is 0 Å². The van der Waals surface area contributed by atoms with Crippen LogP contribution in [0.1, 0.15) is 219 Å². The SMILES string of the molecule is CCCCC/C=C\C/C=C\CCCCCCCC(=O)O.CCCCC/C=C\C/C=C\CCCCCCCC(=O)O.NCCN.NCCO.O=C(O)CCCCCCCCC(=O)O. The molecule has 12 nitrogen and oxygen atoms in total. The van der Waals surface area contributed by atoms with E-state index in [2.05, 4.69) is 62.5 Å². The highest BCUT2D eigenvalue weighted by Gasteiger charge is 1.99. The van der Waals surface area contributed by atoms with E-state index in [0.717, 1.165) is 89.9 Å². The number of rotatable bonds is 39. The number of hydrogen-bond donors (Lipinski definition) is 8. The number of carboxylic acids is 4. The van der Waals surface area contributed by atoms with Gasteiger partial charge in [0, 0.05) is 45.3 Å². The summed E-state index contributed by atoms with van der Waals surface area (Å²) in [6.07, 6.45) is 50.4. The van der Waals surface area contributed by atoms with E-state index >= 15 is 0 Å². The Morgan fingerprint density at radius 1 is 0.339 bits per heavy atom. The lowest BCUT2D eigenvalue weighted by molar-refractivity contribution is -0.138. The lowest BCUT2D eigenvalue weighted by Gasteiger charge is -1.98. The average Bonchev–Trinajstić information content (AvgIpc) is 3.24. The minimum absolute atomic E-state index is 0.0972. The van der Waals surface area contributed by atoms with Crippen LogP contribution < -0.4 is 17.2 Å². The van der Waals surface area contributed by atoms with E-state index in [0.29, 0.717) is 32.5 Å². The third kappa shape index (κ3) is 92.1. The molecule has 0 saturated carbocycles. The van der Waals surface area contributed by atoms with Crippen molar-refractivity contribution in [2.45, 2.75) is 219 Å². The second kappa shape index (κ2) is 66.8. The number of carboxylic acid groups (broad SMARTS) is 4. The topological polar surface area (TPSA) is 247 Å². The molecule has 11 N–H and O–H groups in total. The molecule has 0 aromatic heterocycles. The smallest absolute Gasteiger partial charge is 0.303 e. The fourth-order valence-corrected chi connectivity index (χ4v) is 5.43.